The molecule has 6 heteroatoms. The van der Waals surface area contributed by atoms with Crippen LogP contribution in [-0.4, -0.2) is 39.6 Å². The Kier molecular flexibility index (Phi) is 3.20. The zero-order chi connectivity index (χ0) is 13.3. The number of aromatic hydroxyl groups is 1. The maximum absolute atomic E-state index is 11.7. The van der Waals surface area contributed by atoms with Crippen LogP contribution in [0.2, 0.25) is 0 Å². The van der Waals surface area contributed by atoms with E-state index in [-0.39, 0.29) is 30.7 Å². The lowest BCUT2D eigenvalue weighted by atomic mass is 10.1. The SMILES string of the molecule is NC1CC(=O)N([C@@H](C(=O)O)c2ccc(O)cc2)C1. The lowest BCUT2D eigenvalue weighted by Crippen LogP contribution is -2.36. The molecule has 1 fully saturated rings. The predicted molar refractivity (Wildman–Crippen MR) is 62.8 cm³/mol. The van der Waals surface area contributed by atoms with Gasteiger partial charge in [0.1, 0.15) is 5.75 Å². The first-order valence-electron chi connectivity index (χ1n) is 5.56. The summed E-state index contributed by atoms with van der Waals surface area (Å²) in [5.41, 5.74) is 6.11. The highest BCUT2D eigenvalue weighted by atomic mass is 16.4. The number of likely N-dealkylation sites (tertiary alicyclic amines) is 1. The molecule has 0 aromatic heterocycles. The molecule has 4 N–H and O–H groups in total. The van der Waals surface area contributed by atoms with E-state index >= 15 is 0 Å². The molecule has 1 saturated heterocycles. The molecule has 0 bridgehead atoms. The number of aliphatic carboxylic acids is 1. The minimum atomic E-state index is -1.11. The van der Waals surface area contributed by atoms with E-state index in [9.17, 15) is 19.8 Å². The third-order valence-corrected chi connectivity index (χ3v) is 2.94. The highest BCUT2D eigenvalue weighted by Gasteiger charge is 2.37. The van der Waals surface area contributed by atoms with Gasteiger partial charge in [0.25, 0.3) is 0 Å². The Hall–Kier alpha value is -2.08. The Labute approximate surface area is 104 Å². The van der Waals surface area contributed by atoms with E-state index in [0.29, 0.717) is 5.56 Å². The second-order valence-corrected chi connectivity index (χ2v) is 4.34. The molecular weight excluding hydrogens is 236 g/mol. The fraction of sp³-hybridized carbons (Fsp3) is 0.333. The molecule has 1 amide bonds. The van der Waals surface area contributed by atoms with Gasteiger partial charge < -0.3 is 20.8 Å². The molecule has 0 saturated carbocycles. The van der Waals surface area contributed by atoms with E-state index in [2.05, 4.69) is 0 Å². The van der Waals surface area contributed by atoms with Gasteiger partial charge >= 0.3 is 5.97 Å². The van der Waals surface area contributed by atoms with Crippen molar-refractivity contribution in [3.63, 3.8) is 0 Å². The number of carboxylic acids is 1. The van der Waals surface area contributed by atoms with Gasteiger partial charge in [-0.15, -0.1) is 0 Å². The number of phenolic OH excluding ortho intramolecular Hbond substituents is 1. The Morgan fingerprint density at radius 3 is 2.44 bits per heavy atom. The lowest BCUT2D eigenvalue weighted by molar-refractivity contribution is -0.148. The summed E-state index contributed by atoms with van der Waals surface area (Å²) in [5, 5.41) is 18.5. The molecule has 1 aliphatic heterocycles. The number of rotatable bonds is 3. The van der Waals surface area contributed by atoms with E-state index in [4.69, 9.17) is 5.73 Å². The zero-order valence-corrected chi connectivity index (χ0v) is 9.61. The number of hydrogen-bond donors (Lipinski definition) is 3. The van der Waals surface area contributed by atoms with Gasteiger partial charge in [0.15, 0.2) is 6.04 Å². The number of benzene rings is 1. The molecular formula is C12H14N2O4. The fourth-order valence-corrected chi connectivity index (χ4v) is 2.12. The normalized spacial score (nSPS) is 21.1. The van der Waals surface area contributed by atoms with E-state index in [0.717, 1.165) is 0 Å². The molecule has 1 aromatic rings. The van der Waals surface area contributed by atoms with Crippen LogP contribution >= 0.6 is 0 Å². The summed E-state index contributed by atoms with van der Waals surface area (Å²) in [6, 6.07) is 4.40. The van der Waals surface area contributed by atoms with Crippen LogP contribution < -0.4 is 5.73 Å². The van der Waals surface area contributed by atoms with Gasteiger partial charge in [0.05, 0.1) is 0 Å². The quantitative estimate of drug-likeness (QED) is 0.704. The van der Waals surface area contributed by atoms with Crippen LogP contribution in [0.3, 0.4) is 0 Å². The summed E-state index contributed by atoms with van der Waals surface area (Å²) in [6.45, 7) is 0.233. The molecule has 1 heterocycles. The summed E-state index contributed by atoms with van der Waals surface area (Å²) in [5.74, 6) is -1.32. The van der Waals surface area contributed by atoms with Crippen LogP contribution in [0, 0.1) is 0 Å². The number of amides is 1. The van der Waals surface area contributed by atoms with Gasteiger partial charge in [-0.1, -0.05) is 12.1 Å². The first-order chi connectivity index (χ1) is 8.49. The fourth-order valence-electron chi connectivity index (χ4n) is 2.12. The minimum Gasteiger partial charge on any atom is -0.508 e. The minimum absolute atomic E-state index is 0.0485. The van der Waals surface area contributed by atoms with E-state index in [1.165, 1.54) is 29.2 Å². The predicted octanol–water partition coefficient (Wildman–Crippen LogP) is 0.0775. The van der Waals surface area contributed by atoms with E-state index < -0.39 is 12.0 Å². The van der Waals surface area contributed by atoms with Gasteiger partial charge in [-0.2, -0.15) is 0 Å². The average Bonchev–Trinajstić information content (AvgIpc) is 2.61. The van der Waals surface area contributed by atoms with Crippen LogP contribution in [0.4, 0.5) is 0 Å². The molecule has 1 aliphatic rings. The van der Waals surface area contributed by atoms with Crippen molar-refractivity contribution in [2.24, 2.45) is 5.73 Å². The highest BCUT2D eigenvalue weighted by Crippen LogP contribution is 2.27. The van der Waals surface area contributed by atoms with Crippen molar-refractivity contribution in [1.82, 2.24) is 4.90 Å². The van der Waals surface area contributed by atoms with Crippen molar-refractivity contribution in [3.8, 4) is 5.75 Å². The van der Waals surface area contributed by atoms with Crippen molar-refractivity contribution in [2.75, 3.05) is 6.54 Å². The number of nitrogens with two attached hydrogens (primary N) is 1. The summed E-state index contributed by atoms with van der Waals surface area (Å²) >= 11 is 0. The molecule has 0 spiro atoms. The topological polar surface area (TPSA) is 104 Å². The Morgan fingerprint density at radius 1 is 1.39 bits per heavy atom. The Bertz CT molecular complexity index is 471. The maximum Gasteiger partial charge on any atom is 0.331 e. The number of carbonyl (C=O) groups excluding carboxylic acids is 1. The second-order valence-electron chi connectivity index (χ2n) is 4.34. The van der Waals surface area contributed by atoms with Gasteiger partial charge in [0, 0.05) is 19.0 Å². The van der Waals surface area contributed by atoms with Crippen LogP contribution in [0.5, 0.6) is 5.75 Å². The third kappa shape index (κ3) is 2.28. The molecule has 2 rings (SSSR count). The third-order valence-electron chi connectivity index (χ3n) is 2.94. The van der Waals surface area contributed by atoms with Gasteiger partial charge in [-0.25, -0.2) is 4.79 Å². The standard InChI is InChI=1S/C12H14N2O4/c13-8-5-10(16)14(6-8)11(12(17)18)7-1-3-9(15)4-2-7/h1-4,8,11,15H,5-6,13H2,(H,17,18)/t8?,11-/m1/s1. The monoisotopic (exact) mass is 250 g/mol. The van der Waals surface area contributed by atoms with Crippen LogP contribution in [-0.2, 0) is 9.59 Å². The number of phenols is 1. The van der Waals surface area contributed by atoms with Crippen molar-refractivity contribution in [3.05, 3.63) is 29.8 Å². The molecule has 2 atom stereocenters. The first kappa shape index (κ1) is 12.4. The highest BCUT2D eigenvalue weighted by molar-refractivity contribution is 5.86. The lowest BCUT2D eigenvalue weighted by Gasteiger charge is -2.24. The zero-order valence-electron chi connectivity index (χ0n) is 9.61. The van der Waals surface area contributed by atoms with Crippen LogP contribution in [0.1, 0.15) is 18.0 Å². The number of nitrogens with zero attached hydrogens (tertiary/aromatic N) is 1. The number of hydrogen-bond acceptors (Lipinski definition) is 4. The van der Waals surface area contributed by atoms with Gasteiger partial charge in [-0.3, -0.25) is 4.79 Å². The largest absolute Gasteiger partial charge is 0.508 e. The molecule has 0 aliphatic carbocycles. The second kappa shape index (κ2) is 4.66. The summed E-state index contributed by atoms with van der Waals surface area (Å²) < 4.78 is 0. The smallest absolute Gasteiger partial charge is 0.331 e. The molecule has 96 valence electrons. The van der Waals surface area contributed by atoms with Gasteiger partial charge in [-0.05, 0) is 17.7 Å². The van der Waals surface area contributed by atoms with Gasteiger partial charge in [0.2, 0.25) is 5.91 Å². The summed E-state index contributed by atoms with van der Waals surface area (Å²) in [4.78, 5) is 24.3. The van der Waals surface area contributed by atoms with E-state index in [1.807, 2.05) is 0 Å². The summed E-state index contributed by atoms with van der Waals surface area (Å²) in [6.07, 6.45) is 0.169. The van der Waals surface area contributed by atoms with Crippen molar-refractivity contribution in [1.29, 1.82) is 0 Å². The summed E-state index contributed by atoms with van der Waals surface area (Å²) in [7, 11) is 0. The Balaban J connectivity index is 2.32. The van der Waals surface area contributed by atoms with Crippen molar-refractivity contribution < 1.29 is 19.8 Å². The molecule has 0 radical (unpaired) electrons. The molecule has 1 aromatic carbocycles. The van der Waals surface area contributed by atoms with Crippen LogP contribution in [0.25, 0.3) is 0 Å². The average molecular weight is 250 g/mol. The van der Waals surface area contributed by atoms with Crippen molar-refractivity contribution >= 4 is 11.9 Å². The van der Waals surface area contributed by atoms with Crippen LogP contribution in [0.15, 0.2) is 24.3 Å². The molecule has 6 nitrogen and oxygen atoms in total. The van der Waals surface area contributed by atoms with Crippen molar-refractivity contribution in [2.45, 2.75) is 18.5 Å². The molecule has 1 unspecified atom stereocenters. The Morgan fingerprint density at radius 2 is 2.00 bits per heavy atom. The first-order valence-corrected chi connectivity index (χ1v) is 5.56. The number of carboxylic acid groups (broad SMARTS) is 1. The number of carbonyl (C=O) groups is 2. The molecule has 18 heavy (non-hydrogen) atoms. The maximum atomic E-state index is 11.7. The van der Waals surface area contributed by atoms with E-state index in [1.54, 1.807) is 0 Å².